The van der Waals surface area contributed by atoms with Crippen LogP contribution in [0.2, 0.25) is 0 Å². The third-order valence-corrected chi connectivity index (χ3v) is 1.41. The Balaban J connectivity index is 3.63. The van der Waals surface area contributed by atoms with E-state index in [1.165, 1.54) is 0 Å². The predicted octanol–water partition coefficient (Wildman–Crippen LogP) is 0.925. The molecule has 0 saturated carbocycles. The van der Waals surface area contributed by atoms with Gasteiger partial charge in [-0.15, -0.1) is 6.58 Å². The van der Waals surface area contributed by atoms with E-state index in [1.807, 2.05) is 6.92 Å². The first-order chi connectivity index (χ1) is 4.26. The average molecular weight is 129 g/mol. The summed E-state index contributed by atoms with van der Waals surface area (Å²) in [6, 6.07) is -0.0278. The summed E-state index contributed by atoms with van der Waals surface area (Å²) >= 11 is 0. The van der Waals surface area contributed by atoms with Gasteiger partial charge in [-0.05, 0) is 6.42 Å². The summed E-state index contributed by atoms with van der Waals surface area (Å²) in [5.41, 5.74) is 5.60. The lowest BCUT2D eigenvalue weighted by Gasteiger charge is -2.16. The molecule has 0 radical (unpaired) electrons. The molecule has 2 atom stereocenters. The Morgan fingerprint density at radius 3 is 2.44 bits per heavy atom. The maximum Gasteiger partial charge on any atom is 0.0755 e. The topological polar surface area (TPSA) is 35.2 Å². The Labute approximate surface area is 56.7 Å². The Morgan fingerprint density at radius 1 is 1.78 bits per heavy atom. The molecular weight excluding hydrogens is 114 g/mol. The lowest BCUT2D eigenvalue weighted by molar-refractivity contribution is 0.0893. The molecule has 0 amide bonds. The first kappa shape index (κ1) is 8.66. The largest absolute Gasteiger partial charge is 0.380 e. The van der Waals surface area contributed by atoms with Gasteiger partial charge in [-0.2, -0.15) is 0 Å². The van der Waals surface area contributed by atoms with E-state index >= 15 is 0 Å². The van der Waals surface area contributed by atoms with Gasteiger partial charge in [-0.3, -0.25) is 0 Å². The van der Waals surface area contributed by atoms with Gasteiger partial charge >= 0.3 is 0 Å². The summed E-state index contributed by atoms with van der Waals surface area (Å²) in [7, 11) is 1.66. The van der Waals surface area contributed by atoms with Crippen LogP contribution < -0.4 is 5.73 Å². The monoisotopic (exact) mass is 129 g/mol. The molecule has 0 aromatic rings. The number of ether oxygens (including phenoxy) is 1. The van der Waals surface area contributed by atoms with Gasteiger partial charge in [0, 0.05) is 13.2 Å². The van der Waals surface area contributed by atoms with Crippen LogP contribution in [0.15, 0.2) is 12.7 Å². The number of hydrogen-bond donors (Lipinski definition) is 1. The normalized spacial score (nSPS) is 16.8. The zero-order valence-electron chi connectivity index (χ0n) is 6.13. The second kappa shape index (κ2) is 4.53. The van der Waals surface area contributed by atoms with Gasteiger partial charge in [0.25, 0.3) is 0 Å². The molecule has 0 aromatic heterocycles. The second-order valence-corrected chi connectivity index (χ2v) is 2.00. The molecule has 2 heteroatoms. The third kappa shape index (κ3) is 2.63. The number of methoxy groups -OCH3 is 1. The van der Waals surface area contributed by atoms with Crippen LogP contribution in [0.1, 0.15) is 13.3 Å². The third-order valence-electron chi connectivity index (χ3n) is 1.41. The SMILES string of the molecule is C=CC(N)C(CC)OC. The summed E-state index contributed by atoms with van der Waals surface area (Å²) < 4.78 is 5.06. The van der Waals surface area contributed by atoms with Crippen molar-refractivity contribution in [2.75, 3.05) is 7.11 Å². The quantitative estimate of drug-likeness (QED) is 0.573. The fraction of sp³-hybridized carbons (Fsp3) is 0.714. The molecule has 54 valence electrons. The minimum atomic E-state index is -0.0278. The van der Waals surface area contributed by atoms with E-state index in [2.05, 4.69) is 6.58 Å². The molecule has 0 fully saturated rings. The van der Waals surface area contributed by atoms with E-state index in [4.69, 9.17) is 10.5 Å². The van der Waals surface area contributed by atoms with E-state index < -0.39 is 0 Å². The molecule has 9 heavy (non-hydrogen) atoms. The van der Waals surface area contributed by atoms with E-state index in [9.17, 15) is 0 Å². The van der Waals surface area contributed by atoms with Crippen molar-refractivity contribution in [1.82, 2.24) is 0 Å². The molecule has 0 aliphatic heterocycles. The van der Waals surface area contributed by atoms with Crippen molar-refractivity contribution in [3.63, 3.8) is 0 Å². The maximum atomic E-state index is 5.60. The molecule has 0 bridgehead atoms. The van der Waals surface area contributed by atoms with Gasteiger partial charge in [-0.25, -0.2) is 0 Å². The Hall–Kier alpha value is -0.340. The molecule has 0 aliphatic rings. The summed E-state index contributed by atoms with van der Waals surface area (Å²) in [5.74, 6) is 0. The number of nitrogens with two attached hydrogens (primary N) is 1. The van der Waals surface area contributed by atoms with Crippen LogP contribution in [-0.4, -0.2) is 19.3 Å². The van der Waals surface area contributed by atoms with Crippen molar-refractivity contribution in [2.45, 2.75) is 25.5 Å². The van der Waals surface area contributed by atoms with E-state index in [0.717, 1.165) is 6.42 Å². The predicted molar refractivity (Wildman–Crippen MR) is 39.3 cm³/mol. The van der Waals surface area contributed by atoms with Crippen molar-refractivity contribution in [3.05, 3.63) is 12.7 Å². The highest BCUT2D eigenvalue weighted by Gasteiger charge is 2.09. The van der Waals surface area contributed by atoms with Crippen LogP contribution >= 0.6 is 0 Å². The molecule has 2 N–H and O–H groups in total. The Kier molecular flexibility index (Phi) is 4.36. The highest BCUT2D eigenvalue weighted by Crippen LogP contribution is 2.00. The van der Waals surface area contributed by atoms with Gasteiger partial charge in [0.15, 0.2) is 0 Å². The smallest absolute Gasteiger partial charge is 0.0755 e. The number of hydrogen-bond acceptors (Lipinski definition) is 2. The van der Waals surface area contributed by atoms with Crippen molar-refractivity contribution >= 4 is 0 Å². The van der Waals surface area contributed by atoms with Crippen LogP contribution in [0.3, 0.4) is 0 Å². The molecule has 2 unspecified atom stereocenters. The second-order valence-electron chi connectivity index (χ2n) is 2.00. The van der Waals surface area contributed by atoms with Crippen LogP contribution in [0, 0.1) is 0 Å². The lowest BCUT2D eigenvalue weighted by Crippen LogP contribution is -2.33. The molecule has 0 heterocycles. The number of rotatable bonds is 4. The first-order valence-corrected chi connectivity index (χ1v) is 3.17. The van der Waals surface area contributed by atoms with Gasteiger partial charge in [0.1, 0.15) is 0 Å². The molecule has 0 aromatic carbocycles. The summed E-state index contributed by atoms with van der Waals surface area (Å²) in [6.07, 6.45) is 2.77. The van der Waals surface area contributed by atoms with Crippen molar-refractivity contribution < 1.29 is 4.74 Å². The maximum absolute atomic E-state index is 5.60. The molecule has 0 spiro atoms. The van der Waals surface area contributed by atoms with E-state index in [-0.39, 0.29) is 12.1 Å². The van der Waals surface area contributed by atoms with Crippen LogP contribution in [0.4, 0.5) is 0 Å². The highest BCUT2D eigenvalue weighted by molar-refractivity contribution is 4.88. The minimum Gasteiger partial charge on any atom is -0.380 e. The Bertz CT molecular complexity index is 79.0. The van der Waals surface area contributed by atoms with Crippen molar-refractivity contribution in [3.8, 4) is 0 Å². The van der Waals surface area contributed by atoms with Crippen LogP contribution in [0.5, 0.6) is 0 Å². The van der Waals surface area contributed by atoms with Crippen LogP contribution in [-0.2, 0) is 4.74 Å². The van der Waals surface area contributed by atoms with Gasteiger partial charge in [0.2, 0.25) is 0 Å². The standard InChI is InChI=1S/C7H15NO/c1-4-6(8)7(5-2)9-3/h4,6-7H,1,5,8H2,2-3H3. The van der Waals surface area contributed by atoms with Crippen molar-refractivity contribution in [2.24, 2.45) is 5.73 Å². The van der Waals surface area contributed by atoms with Gasteiger partial charge in [-0.1, -0.05) is 13.0 Å². The van der Waals surface area contributed by atoms with Crippen molar-refractivity contribution in [1.29, 1.82) is 0 Å². The zero-order chi connectivity index (χ0) is 7.28. The van der Waals surface area contributed by atoms with E-state index in [1.54, 1.807) is 13.2 Å². The zero-order valence-corrected chi connectivity index (χ0v) is 6.13. The average Bonchev–Trinajstić information content (AvgIpc) is 1.90. The molecule has 0 saturated heterocycles. The molecule has 0 rings (SSSR count). The van der Waals surface area contributed by atoms with Gasteiger partial charge in [0.05, 0.1) is 6.10 Å². The fourth-order valence-electron chi connectivity index (χ4n) is 0.748. The molecular formula is C7H15NO. The molecule has 0 aliphatic carbocycles. The Morgan fingerprint density at radius 2 is 2.33 bits per heavy atom. The van der Waals surface area contributed by atoms with Gasteiger partial charge < -0.3 is 10.5 Å². The van der Waals surface area contributed by atoms with Crippen LogP contribution in [0.25, 0.3) is 0 Å². The fourth-order valence-corrected chi connectivity index (χ4v) is 0.748. The van der Waals surface area contributed by atoms with E-state index in [0.29, 0.717) is 0 Å². The summed E-state index contributed by atoms with van der Waals surface area (Å²) in [5, 5.41) is 0. The lowest BCUT2D eigenvalue weighted by atomic mass is 10.1. The molecule has 2 nitrogen and oxygen atoms in total. The highest BCUT2D eigenvalue weighted by atomic mass is 16.5. The summed E-state index contributed by atoms with van der Waals surface area (Å²) in [4.78, 5) is 0. The first-order valence-electron chi connectivity index (χ1n) is 3.17. The summed E-state index contributed by atoms with van der Waals surface area (Å²) in [6.45, 7) is 5.61. The minimum absolute atomic E-state index is 0.0278.